The summed E-state index contributed by atoms with van der Waals surface area (Å²) < 4.78 is 6.44. The molecule has 1 rings (SSSR count). The molecule has 86 valence electrons. The lowest BCUT2D eigenvalue weighted by Crippen LogP contribution is -2.06. The van der Waals surface area contributed by atoms with Gasteiger partial charge in [0.1, 0.15) is 5.75 Å². The van der Waals surface area contributed by atoms with E-state index >= 15 is 0 Å². The zero-order chi connectivity index (χ0) is 10.2. The van der Waals surface area contributed by atoms with Gasteiger partial charge in [0, 0.05) is 10.9 Å². The predicted molar refractivity (Wildman–Crippen MR) is 62.7 cm³/mol. The summed E-state index contributed by atoms with van der Waals surface area (Å²) in [6, 6.07) is 7.64. The maximum atomic E-state index is 5.41. The van der Waals surface area contributed by atoms with Gasteiger partial charge in [-0.3, -0.25) is 0 Å². The number of hydrogen-bond donors (Lipinski definition) is 1. The summed E-state index contributed by atoms with van der Waals surface area (Å²) in [5.41, 5.74) is 0. The maximum Gasteiger partial charge on any atom is 0.119 e. The zero-order valence-electron chi connectivity index (χ0n) is 8.02. The van der Waals surface area contributed by atoms with Crippen LogP contribution in [0.5, 0.6) is 5.75 Å². The van der Waals surface area contributed by atoms with Crippen LogP contribution in [0.3, 0.4) is 0 Å². The molecule has 15 heavy (non-hydrogen) atoms. The molecule has 2 N–H and O–H groups in total. The minimum atomic E-state index is 0. The molecule has 1 aromatic carbocycles. The van der Waals surface area contributed by atoms with Crippen molar-refractivity contribution in [1.82, 2.24) is 0 Å². The zero-order valence-corrected chi connectivity index (χ0v) is 10.4. The van der Waals surface area contributed by atoms with Crippen molar-refractivity contribution in [2.45, 2.75) is 6.42 Å². The Bertz CT molecular complexity index is 258. The third-order valence-corrected chi connectivity index (χ3v) is 2.05. The first kappa shape index (κ1) is 14.7. The lowest BCUT2D eigenvalue weighted by molar-refractivity contribution is -0.300. The summed E-state index contributed by atoms with van der Waals surface area (Å²) in [5.74, 6) is 5.51. The SMILES string of the molecule is Cl.NOOCCCOc1ccc(Br)cc1. The average molecular weight is 299 g/mol. The monoisotopic (exact) mass is 297 g/mol. The molecule has 0 aromatic heterocycles. The Balaban J connectivity index is 0.00000196. The lowest BCUT2D eigenvalue weighted by atomic mass is 10.3. The molecule has 0 saturated heterocycles. The molecule has 0 heterocycles. The van der Waals surface area contributed by atoms with Crippen LogP contribution in [0.1, 0.15) is 6.42 Å². The highest BCUT2D eigenvalue weighted by Gasteiger charge is 1.93. The van der Waals surface area contributed by atoms with Crippen molar-refractivity contribution in [3.8, 4) is 5.75 Å². The van der Waals surface area contributed by atoms with Gasteiger partial charge in [0.05, 0.1) is 13.2 Å². The summed E-state index contributed by atoms with van der Waals surface area (Å²) in [6.07, 6.45) is 0.729. The van der Waals surface area contributed by atoms with Gasteiger partial charge in [-0.2, -0.15) is 5.90 Å². The van der Waals surface area contributed by atoms with Crippen LogP contribution in [-0.2, 0) is 9.88 Å². The van der Waals surface area contributed by atoms with Gasteiger partial charge in [-0.1, -0.05) is 15.9 Å². The molecule has 0 radical (unpaired) electrons. The van der Waals surface area contributed by atoms with E-state index in [9.17, 15) is 0 Å². The summed E-state index contributed by atoms with van der Waals surface area (Å²) >= 11 is 3.34. The van der Waals surface area contributed by atoms with Crippen molar-refractivity contribution in [3.05, 3.63) is 28.7 Å². The van der Waals surface area contributed by atoms with E-state index in [1.807, 2.05) is 24.3 Å². The Morgan fingerprint density at radius 2 is 1.80 bits per heavy atom. The second-order valence-corrected chi connectivity index (χ2v) is 3.49. The number of halogens is 2. The molecule has 0 atom stereocenters. The number of nitrogens with two attached hydrogens (primary N) is 1. The molecule has 0 spiro atoms. The van der Waals surface area contributed by atoms with Gasteiger partial charge in [0.25, 0.3) is 0 Å². The van der Waals surface area contributed by atoms with Crippen LogP contribution in [0.25, 0.3) is 0 Å². The summed E-state index contributed by atoms with van der Waals surface area (Å²) in [4.78, 5) is 8.43. The van der Waals surface area contributed by atoms with Gasteiger partial charge < -0.3 is 4.74 Å². The summed E-state index contributed by atoms with van der Waals surface area (Å²) in [6.45, 7) is 0.998. The molecular weight excluding hydrogens is 285 g/mol. The van der Waals surface area contributed by atoms with Gasteiger partial charge in [-0.25, -0.2) is 4.89 Å². The fourth-order valence-electron chi connectivity index (χ4n) is 0.887. The van der Waals surface area contributed by atoms with Crippen molar-refractivity contribution >= 4 is 28.3 Å². The quantitative estimate of drug-likeness (QED) is 0.498. The number of hydrogen-bond acceptors (Lipinski definition) is 4. The second kappa shape index (κ2) is 8.94. The minimum Gasteiger partial charge on any atom is -0.494 e. The smallest absolute Gasteiger partial charge is 0.119 e. The molecule has 0 aliphatic heterocycles. The van der Waals surface area contributed by atoms with Crippen molar-refractivity contribution in [2.75, 3.05) is 13.2 Å². The first-order valence-electron chi connectivity index (χ1n) is 4.19. The Hall–Kier alpha value is -0.330. The molecule has 0 amide bonds. The third-order valence-electron chi connectivity index (χ3n) is 1.52. The number of ether oxygens (including phenoxy) is 1. The van der Waals surface area contributed by atoms with Gasteiger partial charge in [0.2, 0.25) is 0 Å². The largest absolute Gasteiger partial charge is 0.494 e. The Kier molecular flexibility index (Phi) is 8.74. The topological polar surface area (TPSA) is 53.7 Å². The third kappa shape index (κ3) is 6.70. The molecule has 0 unspecified atom stereocenters. The fourth-order valence-corrected chi connectivity index (χ4v) is 1.15. The van der Waals surface area contributed by atoms with Crippen LogP contribution in [0.2, 0.25) is 0 Å². The number of rotatable bonds is 6. The van der Waals surface area contributed by atoms with Crippen LogP contribution in [0.4, 0.5) is 0 Å². The van der Waals surface area contributed by atoms with Crippen molar-refractivity contribution in [2.24, 2.45) is 5.90 Å². The summed E-state index contributed by atoms with van der Waals surface area (Å²) in [5, 5.41) is 0. The molecule has 0 bridgehead atoms. The van der Waals surface area contributed by atoms with E-state index in [1.165, 1.54) is 0 Å². The average Bonchev–Trinajstić information content (AvgIpc) is 2.21. The summed E-state index contributed by atoms with van der Waals surface area (Å²) in [7, 11) is 0. The van der Waals surface area contributed by atoms with Crippen LogP contribution in [-0.4, -0.2) is 13.2 Å². The fraction of sp³-hybridized carbons (Fsp3) is 0.333. The van der Waals surface area contributed by atoms with E-state index < -0.39 is 0 Å². The first-order chi connectivity index (χ1) is 6.83. The first-order valence-corrected chi connectivity index (χ1v) is 4.99. The van der Waals surface area contributed by atoms with E-state index in [2.05, 4.69) is 31.7 Å². The molecule has 0 aliphatic rings. The van der Waals surface area contributed by atoms with E-state index in [4.69, 9.17) is 4.74 Å². The van der Waals surface area contributed by atoms with Crippen LogP contribution in [0, 0.1) is 0 Å². The highest BCUT2D eigenvalue weighted by molar-refractivity contribution is 9.10. The lowest BCUT2D eigenvalue weighted by Gasteiger charge is -2.05. The minimum absolute atomic E-state index is 0. The molecular formula is C9H13BrClNO3. The van der Waals surface area contributed by atoms with Gasteiger partial charge in [-0.05, 0) is 24.3 Å². The van der Waals surface area contributed by atoms with Crippen molar-refractivity contribution in [3.63, 3.8) is 0 Å². The van der Waals surface area contributed by atoms with Crippen LogP contribution in [0.15, 0.2) is 28.7 Å². The van der Waals surface area contributed by atoms with E-state index in [0.29, 0.717) is 13.2 Å². The molecule has 4 nitrogen and oxygen atoms in total. The van der Waals surface area contributed by atoms with Crippen molar-refractivity contribution in [1.29, 1.82) is 0 Å². The normalized spacial score (nSPS) is 9.47. The standard InChI is InChI=1S/C9H12BrNO3.ClH/c10-8-2-4-9(5-3-8)12-6-1-7-13-14-11;/h2-5H,1,6-7,11H2;1H. The van der Waals surface area contributed by atoms with Gasteiger partial charge in [0.15, 0.2) is 0 Å². The second-order valence-electron chi connectivity index (χ2n) is 2.57. The highest BCUT2D eigenvalue weighted by Crippen LogP contribution is 2.15. The van der Waals surface area contributed by atoms with E-state index in [0.717, 1.165) is 16.6 Å². The molecule has 0 saturated carbocycles. The van der Waals surface area contributed by atoms with Crippen LogP contribution < -0.4 is 10.6 Å². The Labute approximate surface area is 103 Å². The maximum absolute atomic E-state index is 5.41. The van der Waals surface area contributed by atoms with Crippen LogP contribution >= 0.6 is 28.3 Å². The molecule has 0 aliphatic carbocycles. The van der Waals surface area contributed by atoms with Gasteiger partial charge in [-0.15, -0.1) is 17.4 Å². The molecule has 0 fully saturated rings. The molecule has 6 heteroatoms. The van der Waals surface area contributed by atoms with Crippen molar-refractivity contribution < 1.29 is 14.6 Å². The molecule has 1 aromatic rings. The Morgan fingerprint density at radius 1 is 1.13 bits per heavy atom. The Morgan fingerprint density at radius 3 is 2.40 bits per heavy atom. The van der Waals surface area contributed by atoms with E-state index in [1.54, 1.807) is 0 Å². The predicted octanol–water partition coefficient (Wildman–Crippen LogP) is 2.46. The van der Waals surface area contributed by atoms with Gasteiger partial charge >= 0.3 is 0 Å². The van der Waals surface area contributed by atoms with E-state index in [-0.39, 0.29) is 12.4 Å². The number of benzene rings is 1. The highest BCUT2D eigenvalue weighted by atomic mass is 79.9.